The van der Waals surface area contributed by atoms with Crippen molar-refractivity contribution in [3.63, 3.8) is 0 Å². The van der Waals surface area contributed by atoms with Crippen molar-refractivity contribution in [2.24, 2.45) is 12.0 Å². The van der Waals surface area contributed by atoms with Gasteiger partial charge in [-0.2, -0.15) is 5.10 Å². The third-order valence-electron chi connectivity index (χ3n) is 4.11. The van der Waals surface area contributed by atoms with Crippen molar-refractivity contribution < 1.29 is 9.13 Å². The highest BCUT2D eigenvalue weighted by Gasteiger charge is 2.25. The Kier molecular flexibility index (Phi) is 5.70. The average molecular weight is 410 g/mol. The van der Waals surface area contributed by atoms with Gasteiger partial charge in [0, 0.05) is 38.9 Å². The smallest absolute Gasteiger partial charge is 0.194 e. The van der Waals surface area contributed by atoms with Crippen molar-refractivity contribution in [1.82, 2.24) is 20.0 Å². The first-order valence-electron chi connectivity index (χ1n) is 8.06. The quantitative estimate of drug-likeness (QED) is 0.624. The van der Waals surface area contributed by atoms with Crippen LogP contribution in [0.1, 0.15) is 17.2 Å². The molecule has 0 spiro atoms. The number of hydrogen-bond acceptors (Lipinski definition) is 3. The highest BCUT2D eigenvalue weighted by atomic mass is 79.9. The van der Waals surface area contributed by atoms with Gasteiger partial charge in [-0.15, -0.1) is 0 Å². The Morgan fingerprint density at radius 1 is 1.52 bits per heavy atom. The molecule has 0 amide bonds. The molecule has 1 fully saturated rings. The summed E-state index contributed by atoms with van der Waals surface area (Å²) in [5.41, 5.74) is 1.91. The number of benzene rings is 1. The zero-order valence-corrected chi connectivity index (χ0v) is 15.8. The minimum Gasteiger partial charge on any atom is -0.370 e. The maximum atomic E-state index is 13.6. The Morgan fingerprint density at radius 3 is 3.04 bits per heavy atom. The maximum absolute atomic E-state index is 13.6. The molecule has 2 aromatic rings. The van der Waals surface area contributed by atoms with E-state index in [1.165, 1.54) is 6.07 Å². The van der Waals surface area contributed by atoms with Crippen molar-refractivity contribution in [1.29, 1.82) is 0 Å². The number of ether oxygens (including phenoxy) is 1. The van der Waals surface area contributed by atoms with E-state index in [4.69, 9.17) is 4.74 Å². The summed E-state index contributed by atoms with van der Waals surface area (Å²) in [5.74, 6) is 0.512. The van der Waals surface area contributed by atoms with E-state index in [-0.39, 0.29) is 11.9 Å². The van der Waals surface area contributed by atoms with E-state index in [1.54, 1.807) is 17.8 Å². The number of morpholine rings is 1. The van der Waals surface area contributed by atoms with Gasteiger partial charge in [-0.05, 0) is 33.6 Å². The summed E-state index contributed by atoms with van der Waals surface area (Å²) in [6.45, 7) is 2.57. The van der Waals surface area contributed by atoms with E-state index in [0.29, 0.717) is 24.2 Å². The van der Waals surface area contributed by atoms with Crippen LogP contribution in [-0.4, -0.2) is 47.4 Å². The van der Waals surface area contributed by atoms with Gasteiger partial charge in [-0.3, -0.25) is 9.67 Å². The van der Waals surface area contributed by atoms with Gasteiger partial charge in [0.2, 0.25) is 0 Å². The molecule has 3 rings (SSSR count). The van der Waals surface area contributed by atoms with Crippen molar-refractivity contribution in [3.8, 4) is 0 Å². The number of aromatic nitrogens is 2. The zero-order chi connectivity index (χ0) is 17.8. The lowest BCUT2D eigenvalue weighted by atomic mass is 10.1. The van der Waals surface area contributed by atoms with Crippen LogP contribution in [0.4, 0.5) is 4.39 Å². The molecule has 1 aromatic carbocycles. The summed E-state index contributed by atoms with van der Waals surface area (Å²) < 4.78 is 21.7. The highest BCUT2D eigenvalue weighted by molar-refractivity contribution is 9.10. The topological polar surface area (TPSA) is 54.7 Å². The Bertz CT molecular complexity index is 763. The standard InChI is InChI=1S/C17H21BrFN5O/c1-20-17(21-8-12-3-4-14(18)15(19)7-12)24-5-6-25-16(11-24)13-9-22-23(2)10-13/h3-4,7,9-10,16H,5-6,8,11H2,1-2H3,(H,20,21). The number of nitrogens with one attached hydrogen (secondary N) is 1. The predicted octanol–water partition coefficient (Wildman–Crippen LogP) is 2.47. The molecular formula is C17H21BrFN5O. The zero-order valence-electron chi connectivity index (χ0n) is 14.2. The molecule has 6 nitrogen and oxygen atoms in total. The number of halogens is 2. The molecule has 1 N–H and O–H groups in total. The van der Waals surface area contributed by atoms with Crippen molar-refractivity contribution in [2.75, 3.05) is 26.7 Å². The molecule has 8 heteroatoms. The number of aryl methyl sites for hydroxylation is 1. The van der Waals surface area contributed by atoms with Crippen LogP contribution < -0.4 is 5.32 Å². The fourth-order valence-corrected chi connectivity index (χ4v) is 3.06. The Balaban J connectivity index is 1.63. The molecule has 134 valence electrons. The molecule has 1 aliphatic heterocycles. The van der Waals surface area contributed by atoms with Gasteiger partial charge in [0.1, 0.15) is 11.9 Å². The first-order valence-corrected chi connectivity index (χ1v) is 8.86. The molecule has 1 aromatic heterocycles. The van der Waals surface area contributed by atoms with E-state index in [1.807, 2.05) is 25.5 Å². The number of aliphatic imine (C=N–C) groups is 1. The van der Waals surface area contributed by atoms with Crippen molar-refractivity contribution >= 4 is 21.9 Å². The Hall–Kier alpha value is -1.93. The lowest BCUT2D eigenvalue weighted by molar-refractivity contribution is -0.00805. The van der Waals surface area contributed by atoms with E-state index < -0.39 is 0 Å². The Morgan fingerprint density at radius 2 is 2.36 bits per heavy atom. The largest absolute Gasteiger partial charge is 0.370 e. The van der Waals surface area contributed by atoms with Gasteiger partial charge in [0.15, 0.2) is 5.96 Å². The number of nitrogens with zero attached hydrogens (tertiary/aromatic N) is 4. The van der Waals surface area contributed by atoms with Crippen LogP contribution in [0.5, 0.6) is 0 Å². The van der Waals surface area contributed by atoms with Crippen LogP contribution >= 0.6 is 15.9 Å². The van der Waals surface area contributed by atoms with Crippen LogP contribution in [0.15, 0.2) is 40.1 Å². The normalized spacial score (nSPS) is 18.5. The minimum atomic E-state index is -0.266. The van der Waals surface area contributed by atoms with Gasteiger partial charge >= 0.3 is 0 Å². The van der Waals surface area contributed by atoms with E-state index in [0.717, 1.165) is 23.6 Å². The van der Waals surface area contributed by atoms with E-state index in [2.05, 4.69) is 36.2 Å². The average Bonchev–Trinajstić information content (AvgIpc) is 3.05. The fraction of sp³-hybridized carbons (Fsp3) is 0.412. The molecule has 2 heterocycles. The highest BCUT2D eigenvalue weighted by Crippen LogP contribution is 2.22. The summed E-state index contributed by atoms with van der Waals surface area (Å²) in [6, 6.07) is 5.11. The Labute approximate surface area is 154 Å². The van der Waals surface area contributed by atoms with Crippen LogP contribution in [0.25, 0.3) is 0 Å². The third kappa shape index (κ3) is 4.38. The van der Waals surface area contributed by atoms with Crippen molar-refractivity contribution in [3.05, 3.63) is 52.0 Å². The lowest BCUT2D eigenvalue weighted by Gasteiger charge is -2.34. The second-order valence-electron chi connectivity index (χ2n) is 5.90. The van der Waals surface area contributed by atoms with Crippen LogP contribution in [0.2, 0.25) is 0 Å². The summed E-state index contributed by atoms with van der Waals surface area (Å²) in [7, 11) is 3.64. The maximum Gasteiger partial charge on any atom is 0.194 e. The summed E-state index contributed by atoms with van der Waals surface area (Å²) in [6.07, 6.45) is 3.76. The summed E-state index contributed by atoms with van der Waals surface area (Å²) >= 11 is 3.17. The molecule has 0 radical (unpaired) electrons. The third-order valence-corrected chi connectivity index (χ3v) is 4.75. The van der Waals surface area contributed by atoms with Crippen LogP contribution in [0, 0.1) is 5.82 Å². The van der Waals surface area contributed by atoms with Gasteiger partial charge in [-0.25, -0.2) is 4.39 Å². The molecular weight excluding hydrogens is 389 g/mol. The second-order valence-corrected chi connectivity index (χ2v) is 6.76. The number of hydrogen-bond donors (Lipinski definition) is 1. The molecule has 1 aliphatic rings. The minimum absolute atomic E-state index is 0.0360. The van der Waals surface area contributed by atoms with Gasteiger partial charge in [-0.1, -0.05) is 6.07 Å². The fourth-order valence-electron chi connectivity index (χ4n) is 2.81. The first-order chi connectivity index (χ1) is 12.1. The molecule has 0 aliphatic carbocycles. The molecule has 1 atom stereocenters. The summed E-state index contributed by atoms with van der Waals surface area (Å²) in [5, 5.41) is 7.50. The van der Waals surface area contributed by atoms with E-state index >= 15 is 0 Å². The number of guanidine groups is 1. The molecule has 1 saturated heterocycles. The monoisotopic (exact) mass is 409 g/mol. The van der Waals surface area contributed by atoms with Gasteiger partial charge in [0.05, 0.1) is 23.8 Å². The molecule has 0 bridgehead atoms. The van der Waals surface area contributed by atoms with E-state index in [9.17, 15) is 4.39 Å². The SMILES string of the molecule is CN=C(NCc1ccc(Br)c(F)c1)N1CCOC(c2cnn(C)c2)C1. The van der Waals surface area contributed by atoms with Crippen molar-refractivity contribution in [2.45, 2.75) is 12.6 Å². The molecule has 0 saturated carbocycles. The van der Waals surface area contributed by atoms with Crippen LogP contribution in [-0.2, 0) is 18.3 Å². The predicted molar refractivity (Wildman–Crippen MR) is 97.8 cm³/mol. The molecule has 25 heavy (non-hydrogen) atoms. The second kappa shape index (κ2) is 7.97. The molecule has 1 unspecified atom stereocenters. The first kappa shape index (κ1) is 17.9. The van der Waals surface area contributed by atoms with Gasteiger partial charge in [0.25, 0.3) is 0 Å². The number of rotatable bonds is 3. The van der Waals surface area contributed by atoms with Crippen LogP contribution in [0.3, 0.4) is 0 Å². The lowest BCUT2D eigenvalue weighted by Crippen LogP contribution is -2.47. The van der Waals surface area contributed by atoms with Gasteiger partial charge < -0.3 is 15.0 Å². The summed E-state index contributed by atoms with van der Waals surface area (Å²) in [4.78, 5) is 6.50.